The van der Waals surface area contributed by atoms with Gasteiger partial charge in [0.15, 0.2) is 0 Å². The summed E-state index contributed by atoms with van der Waals surface area (Å²) >= 11 is 0. The summed E-state index contributed by atoms with van der Waals surface area (Å²) < 4.78 is 18.0. The Morgan fingerprint density at radius 2 is 2.10 bits per heavy atom. The van der Waals surface area contributed by atoms with Crippen molar-refractivity contribution in [3.8, 4) is 0 Å². The number of hydrogen-bond acceptors (Lipinski definition) is 3. The maximum absolute atomic E-state index is 13.0. The van der Waals surface area contributed by atoms with Crippen LogP contribution in [0.15, 0.2) is 24.3 Å². The van der Waals surface area contributed by atoms with Gasteiger partial charge in [0.05, 0.1) is 18.1 Å². The van der Waals surface area contributed by atoms with Crippen LogP contribution in [0.5, 0.6) is 0 Å². The van der Waals surface area contributed by atoms with E-state index in [-0.39, 0.29) is 24.4 Å². The van der Waals surface area contributed by atoms with Gasteiger partial charge in [-0.25, -0.2) is 4.39 Å². The van der Waals surface area contributed by atoms with Crippen LogP contribution in [-0.2, 0) is 14.9 Å². The van der Waals surface area contributed by atoms with Gasteiger partial charge in [0, 0.05) is 13.7 Å². The maximum atomic E-state index is 13.0. The van der Waals surface area contributed by atoms with Gasteiger partial charge in [-0.2, -0.15) is 0 Å². The van der Waals surface area contributed by atoms with E-state index in [1.165, 1.54) is 12.1 Å². The fourth-order valence-electron chi connectivity index (χ4n) is 2.42. The van der Waals surface area contributed by atoms with Crippen LogP contribution < -0.4 is 5.32 Å². The molecule has 1 unspecified atom stereocenters. The average molecular weight is 281 g/mol. The normalized spacial score (nSPS) is 17.6. The van der Waals surface area contributed by atoms with Gasteiger partial charge in [-0.05, 0) is 37.0 Å². The number of ether oxygens (including phenoxy) is 1. The lowest BCUT2D eigenvalue weighted by atomic mass is 9.94. The SMILES string of the molecule is COCC(CCO)NC(=O)C1(c2ccc(F)cc2)CC1. The third-order valence-electron chi connectivity index (χ3n) is 3.76. The zero-order valence-electron chi connectivity index (χ0n) is 11.6. The zero-order valence-corrected chi connectivity index (χ0v) is 11.6. The third kappa shape index (κ3) is 3.16. The molecule has 1 aliphatic rings. The van der Waals surface area contributed by atoms with Crippen LogP contribution in [0.1, 0.15) is 24.8 Å². The first kappa shape index (κ1) is 14.9. The van der Waals surface area contributed by atoms with Gasteiger partial charge in [0.2, 0.25) is 5.91 Å². The van der Waals surface area contributed by atoms with Crippen molar-refractivity contribution in [2.24, 2.45) is 0 Å². The molecule has 1 aromatic rings. The molecule has 0 heterocycles. The highest BCUT2D eigenvalue weighted by atomic mass is 19.1. The quantitative estimate of drug-likeness (QED) is 0.793. The number of hydrogen-bond donors (Lipinski definition) is 2. The van der Waals surface area contributed by atoms with Crippen LogP contribution in [0, 0.1) is 5.82 Å². The Hall–Kier alpha value is -1.46. The fraction of sp³-hybridized carbons (Fsp3) is 0.533. The minimum atomic E-state index is -0.533. The molecule has 2 N–H and O–H groups in total. The van der Waals surface area contributed by atoms with E-state index >= 15 is 0 Å². The lowest BCUT2D eigenvalue weighted by molar-refractivity contribution is -0.124. The molecule has 1 atom stereocenters. The molecule has 0 bridgehead atoms. The van der Waals surface area contributed by atoms with Crippen LogP contribution in [0.3, 0.4) is 0 Å². The van der Waals surface area contributed by atoms with E-state index in [0.717, 1.165) is 18.4 Å². The van der Waals surface area contributed by atoms with Crippen LogP contribution in [0.25, 0.3) is 0 Å². The molecule has 20 heavy (non-hydrogen) atoms. The second kappa shape index (κ2) is 6.33. The van der Waals surface area contributed by atoms with E-state index in [1.807, 2.05) is 0 Å². The highest BCUT2D eigenvalue weighted by molar-refractivity contribution is 5.91. The van der Waals surface area contributed by atoms with Crippen LogP contribution >= 0.6 is 0 Å². The highest BCUT2D eigenvalue weighted by Crippen LogP contribution is 2.48. The van der Waals surface area contributed by atoms with Crippen LogP contribution in [-0.4, -0.2) is 37.4 Å². The van der Waals surface area contributed by atoms with E-state index in [0.29, 0.717) is 13.0 Å². The smallest absolute Gasteiger partial charge is 0.230 e. The summed E-state index contributed by atoms with van der Waals surface area (Å²) in [7, 11) is 1.56. The lowest BCUT2D eigenvalue weighted by Crippen LogP contribution is -2.44. The highest BCUT2D eigenvalue weighted by Gasteiger charge is 2.51. The Labute approximate surface area is 117 Å². The summed E-state index contributed by atoms with van der Waals surface area (Å²) in [5.74, 6) is -0.373. The summed E-state index contributed by atoms with van der Waals surface area (Å²) in [6, 6.07) is 5.89. The second-order valence-corrected chi connectivity index (χ2v) is 5.23. The standard InChI is InChI=1S/C15H20FNO3/c1-20-10-13(6-9-18)17-14(19)15(7-8-15)11-2-4-12(16)5-3-11/h2-5,13,18H,6-10H2,1H3,(H,17,19). The van der Waals surface area contributed by atoms with E-state index in [9.17, 15) is 9.18 Å². The average Bonchev–Trinajstić information content (AvgIpc) is 3.21. The van der Waals surface area contributed by atoms with Crippen molar-refractivity contribution in [3.63, 3.8) is 0 Å². The third-order valence-corrected chi connectivity index (χ3v) is 3.76. The van der Waals surface area contributed by atoms with Crippen molar-refractivity contribution in [3.05, 3.63) is 35.6 Å². The Bertz CT molecular complexity index is 451. The molecule has 0 aromatic heterocycles. The molecule has 0 saturated heterocycles. The predicted octanol–water partition coefficient (Wildman–Crippen LogP) is 1.37. The van der Waals surface area contributed by atoms with Crippen molar-refractivity contribution >= 4 is 5.91 Å². The first-order chi connectivity index (χ1) is 9.62. The Balaban J connectivity index is 2.05. The van der Waals surface area contributed by atoms with E-state index in [2.05, 4.69) is 5.32 Å². The Morgan fingerprint density at radius 3 is 2.60 bits per heavy atom. The minimum Gasteiger partial charge on any atom is -0.396 e. The summed E-state index contributed by atoms with van der Waals surface area (Å²) in [5, 5.41) is 11.9. The van der Waals surface area contributed by atoms with Gasteiger partial charge >= 0.3 is 0 Å². The molecule has 4 nitrogen and oxygen atoms in total. The molecule has 2 rings (SSSR count). The summed E-state index contributed by atoms with van der Waals surface area (Å²) in [6.07, 6.45) is 1.99. The van der Waals surface area contributed by atoms with E-state index in [4.69, 9.17) is 9.84 Å². The number of aliphatic hydroxyl groups excluding tert-OH is 1. The topological polar surface area (TPSA) is 58.6 Å². The molecule has 5 heteroatoms. The molecular weight excluding hydrogens is 261 g/mol. The molecule has 1 saturated carbocycles. The number of aliphatic hydroxyl groups is 1. The summed E-state index contributed by atoms with van der Waals surface area (Å²) in [5.41, 5.74) is 0.311. The van der Waals surface area contributed by atoms with Crippen molar-refractivity contribution in [1.29, 1.82) is 0 Å². The lowest BCUT2D eigenvalue weighted by Gasteiger charge is -2.21. The van der Waals surface area contributed by atoms with Crippen molar-refractivity contribution < 1.29 is 19.0 Å². The molecule has 1 aromatic carbocycles. The van der Waals surface area contributed by atoms with Gasteiger partial charge in [-0.1, -0.05) is 12.1 Å². The largest absolute Gasteiger partial charge is 0.396 e. The van der Waals surface area contributed by atoms with E-state index < -0.39 is 5.41 Å². The number of amides is 1. The number of halogens is 1. The first-order valence-corrected chi connectivity index (χ1v) is 6.79. The monoisotopic (exact) mass is 281 g/mol. The van der Waals surface area contributed by atoms with Gasteiger partial charge < -0.3 is 15.2 Å². The molecule has 0 aliphatic heterocycles. The number of benzene rings is 1. The van der Waals surface area contributed by atoms with Crippen LogP contribution in [0.2, 0.25) is 0 Å². The van der Waals surface area contributed by atoms with Crippen LogP contribution in [0.4, 0.5) is 4.39 Å². The van der Waals surface area contributed by atoms with Gasteiger partial charge in [0.1, 0.15) is 5.82 Å². The molecule has 110 valence electrons. The molecular formula is C15H20FNO3. The second-order valence-electron chi connectivity index (χ2n) is 5.23. The number of rotatable bonds is 7. The van der Waals surface area contributed by atoms with Gasteiger partial charge in [0.25, 0.3) is 0 Å². The molecule has 0 radical (unpaired) electrons. The fourth-order valence-corrected chi connectivity index (χ4v) is 2.42. The zero-order chi connectivity index (χ0) is 14.6. The van der Waals surface area contributed by atoms with Gasteiger partial charge in [-0.15, -0.1) is 0 Å². The first-order valence-electron chi connectivity index (χ1n) is 6.79. The summed E-state index contributed by atoms with van der Waals surface area (Å²) in [6.45, 7) is 0.365. The van der Waals surface area contributed by atoms with Crippen molar-refractivity contribution in [2.75, 3.05) is 20.3 Å². The maximum Gasteiger partial charge on any atom is 0.230 e. The van der Waals surface area contributed by atoms with E-state index in [1.54, 1.807) is 19.2 Å². The van der Waals surface area contributed by atoms with Gasteiger partial charge in [-0.3, -0.25) is 4.79 Å². The van der Waals surface area contributed by atoms with Crippen molar-refractivity contribution in [1.82, 2.24) is 5.32 Å². The van der Waals surface area contributed by atoms with Crippen molar-refractivity contribution in [2.45, 2.75) is 30.7 Å². The number of carbonyl (C=O) groups is 1. The number of methoxy groups -OCH3 is 1. The summed E-state index contributed by atoms with van der Waals surface area (Å²) in [4.78, 5) is 12.4. The Kier molecular flexibility index (Phi) is 4.73. The Morgan fingerprint density at radius 1 is 1.45 bits per heavy atom. The number of nitrogens with one attached hydrogen (secondary N) is 1. The molecule has 1 aliphatic carbocycles. The number of carbonyl (C=O) groups excluding carboxylic acids is 1. The minimum absolute atomic E-state index is 0.00213. The predicted molar refractivity (Wildman–Crippen MR) is 72.8 cm³/mol. The molecule has 1 amide bonds. The molecule has 0 spiro atoms. The molecule has 1 fully saturated rings.